The van der Waals surface area contributed by atoms with E-state index in [4.69, 9.17) is 34.3 Å². The molecule has 0 aliphatic carbocycles. The van der Waals surface area contributed by atoms with Gasteiger partial charge in [-0.2, -0.15) is 0 Å². The highest BCUT2D eigenvalue weighted by Crippen LogP contribution is 2.42. The summed E-state index contributed by atoms with van der Waals surface area (Å²) in [6.45, 7) is 17.9. The molecule has 0 bridgehead atoms. The molecule has 8 aliphatic rings. The van der Waals surface area contributed by atoms with Crippen molar-refractivity contribution in [2.75, 3.05) is 120 Å². The molecule has 21 rings (SSSR count). The van der Waals surface area contributed by atoms with Gasteiger partial charge in [-0.05, 0) is 283 Å². The standard InChI is InChI=1S/C29H27N3O2.C28H28N2O3.C27H27N3O3.C25H23ClN4O3/c33-29-25(24-7-1-2-8-26(24)31-29)19-23-13-14-28(34-23)21-10-9-20-11-12-22(30-27(20)18-21)6-5-17-32-15-3-4-16-32;1-19-16-27(33-26(19)18-23-22-10-2-3-11-24(22)29-28(23)32)21-9-6-8-20(17-21)25(31)12-7-15-30-13-4-5-14-30;1-18(25-21-9-2-3-10-22(21)29-27(25)32)23-11-12-24(33-23)19-7-6-8-20(17-19)26(31)28-13-16-30-14-4-5-15-30;1-29-7-2-8-30(10-9-29)25(32)17-11-16(14-27-15-17)23-6-4-19(33-23)13-21-20-12-18(26)3-5-22(20)28-24(21)31/h1-2,7-14,18-19H,3-6,15-17H2,(H,31,33);2-3,6,8-11,16-18H,4-5,7,12-15H2,1H3,(H,29,32);2-3,6-12,17H,4-5,13-16H2,1H3,(H,28,31)(H,29,32);3-6,11-15H,2,7-10H2,1H3,(H,28,31)/b25-19+;23-18+;25-18+;21-13+. The average Bonchev–Trinajstić information content (AvgIpc) is 1.64. The number of furan rings is 4. The van der Waals surface area contributed by atoms with E-state index in [0.717, 1.165) is 186 Å². The number of pyridine rings is 2. The van der Waals surface area contributed by atoms with Crippen molar-refractivity contribution >= 4 is 133 Å². The zero-order valence-electron chi connectivity index (χ0n) is 74.8. The smallest absolute Gasteiger partial charge is 0.256 e. The van der Waals surface area contributed by atoms with Crippen LogP contribution in [0.3, 0.4) is 0 Å². The van der Waals surface area contributed by atoms with Crippen LogP contribution in [0, 0.1) is 6.92 Å². The van der Waals surface area contributed by atoms with Crippen LogP contribution in [0.2, 0.25) is 5.02 Å². The molecular weight excluding hydrogens is 1690 g/mol. The number of amides is 6. The molecule has 133 heavy (non-hydrogen) atoms. The number of hydrogen-bond donors (Lipinski definition) is 5. The Morgan fingerprint density at radius 1 is 0.451 bits per heavy atom. The maximum atomic E-state index is 13.0. The summed E-state index contributed by atoms with van der Waals surface area (Å²) in [4.78, 5) is 109. The number of nitrogens with zero attached hydrogens (tertiary/aromatic N) is 7. The second-order valence-corrected chi connectivity index (χ2v) is 35.3. The topological polar surface area (TPSA) is 274 Å². The third-order valence-corrected chi connectivity index (χ3v) is 25.8. The normalized spacial score (nSPS) is 17.1. The van der Waals surface area contributed by atoms with E-state index < -0.39 is 0 Å². The van der Waals surface area contributed by atoms with E-state index in [1.54, 1.807) is 54.9 Å². The molecule has 23 nitrogen and oxygen atoms in total. The second-order valence-electron chi connectivity index (χ2n) is 34.9. The summed E-state index contributed by atoms with van der Waals surface area (Å²) in [5.41, 5.74) is 18.0. The number of anilines is 4. The van der Waals surface area contributed by atoms with E-state index in [9.17, 15) is 33.6 Å². The highest BCUT2D eigenvalue weighted by molar-refractivity contribution is 6.38. The van der Waals surface area contributed by atoms with Gasteiger partial charge in [-0.25, -0.2) is 0 Å². The van der Waals surface area contributed by atoms with Gasteiger partial charge in [-0.3, -0.25) is 43.5 Å². The summed E-state index contributed by atoms with van der Waals surface area (Å²) < 4.78 is 24.3. The summed E-state index contributed by atoms with van der Waals surface area (Å²) in [6.07, 6.45) is 20.8. The molecule has 24 heteroatoms. The van der Waals surface area contributed by atoms with Crippen LogP contribution in [0.4, 0.5) is 22.7 Å². The van der Waals surface area contributed by atoms with E-state index >= 15 is 0 Å². The number of ketones is 1. The van der Waals surface area contributed by atoms with Gasteiger partial charge in [-0.15, -0.1) is 0 Å². The van der Waals surface area contributed by atoms with Crippen molar-refractivity contribution < 1.29 is 51.2 Å². The van der Waals surface area contributed by atoms with Crippen molar-refractivity contribution in [2.45, 2.75) is 84.5 Å². The monoisotopic (exact) mass is 1790 g/mol. The first-order valence-electron chi connectivity index (χ1n) is 46.0. The van der Waals surface area contributed by atoms with Crippen LogP contribution in [-0.4, -0.2) is 174 Å². The van der Waals surface area contributed by atoms with Gasteiger partial charge in [0.05, 0.1) is 33.4 Å². The van der Waals surface area contributed by atoms with Crippen LogP contribution in [-0.2, 0) is 25.6 Å². The summed E-state index contributed by atoms with van der Waals surface area (Å²) in [5, 5.41) is 16.2. The summed E-state index contributed by atoms with van der Waals surface area (Å²) in [5.74, 6) is 4.64. The Balaban J connectivity index is 0.000000119. The molecule has 4 saturated heterocycles. The van der Waals surface area contributed by atoms with E-state index in [2.05, 4.69) is 88.5 Å². The number of carbonyl (C=O) groups is 7. The molecule has 0 atom stereocenters. The van der Waals surface area contributed by atoms with Crippen molar-refractivity contribution in [1.82, 2.24) is 39.8 Å². The Kier molecular flexibility index (Phi) is 27.6. The molecule has 0 saturated carbocycles. The first-order valence-corrected chi connectivity index (χ1v) is 46.4. The van der Waals surface area contributed by atoms with Crippen LogP contribution >= 0.6 is 11.6 Å². The number of nitrogens with one attached hydrogen (secondary N) is 5. The molecule has 7 aromatic carbocycles. The van der Waals surface area contributed by atoms with Crippen LogP contribution < -0.4 is 26.6 Å². The molecule has 14 heterocycles. The fourth-order valence-corrected chi connectivity index (χ4v) is 18.5. The SMILES string of the molecule is C/C(=C1\C(=O)Nc2ccccc21)c1ccc(-c2cccc(C(=O)NCCN3CCCC3)c2)o1.CN1CCCN(C(=O)c2cncc(-c3ccc(/C=C4/C(=O)Nc5ccc(Cl)cc54)o3)c2)CC1.Cc1cc(-c2cccc(C(=O)CCCN3CCCC3)c2)oc1/C=C1/C(=O)Nc2ccccc21.O=C1Nc2ccccc2/C1=C\c1ccc(-c2ccc3ccc(CCCN4CCCC4)nc3c2)o1. The van der Waals surface area contributed by atoms with Crippen LogP contribution in [0.15, 0.2) is 248 Å². The van der Waals surface area contributed by atoms with Crippen LogP contribution in [0.1, 0.15) is 159 Å². The average molecular weight is 1790 g/mol. The molecule has 0 unspecified atom stereocenters. The van der Waals surface area contributed by atoms with E-state index in [0.29, 0.717) is 109 Å². The number of hydrogen-bond acceptors (Lipinski definition) is 17. The lowest BCUT2D eigenvalue weighted by Crippen LogP contribution is -2.34. The van der Waals surface area contributed by atoms with Crippen molar-refractivity contribution in [3.63, 3.8) is 0 Å². The number of rotatable bonds is 22. The molecule has 4 fully saturated rings. The number of aryl methyl sites for hydroxylation is 2. The predicted molar refractivity (Wildman–Crippen MR) is 525 cm³/mol. The minimum absolute atomic E-state index is 0.0235. The largest absolute Gasteiger partial charge is 0.457 e. The number of likely N-dealkylation sites (tertiary alicyclic amines) is 3. The fourth-order valence-electron chi connectivity index (χ4n) is 18.3. The zero-order chi connectivity index (χ0) is 91.4. The molecule has 0 spiro atoms. The van der Waals surface area contributed by atoms with Gasteiger partial charge in [0.2, 0.25) is 0 Å². The molecule has 8 aliphatic heterocycles. The number of likely N-dealkylation sites (N-methyl/N-ethyl adjacent to an activating group) is 1. The lowest BCUT2D eigenvalue weighted by atomic mass is 10.0. The molecule has 6 aromatic heterocycles. The number of carbonyl (C=O) groups excluding carboxylic acids is 7. The summed E-state index contributed by atoms with van der Waals surface area (Å²) >= 11 is 6.11. The molecule has 5 N–H and O–H groups in total. The Bertz CT molecular complexity index is 6720. The van der Waals surface area contributed by atoms with Gasteiger partial charge < -0.3 is 68.8 Å². The third kappa shape index (κ3) is 21.2. The van der Waals surface area contributed by atoms with E-state index in [-0.39, 0.29) is 41.2 Å². The summed E-state index contributed by atoms with van der Waals surface area (Å²) in [6, 6.07) is 68.8. The van der Waals surface area contributed by atoms with Crippen LogP contribution in [0.5, 0.6) is 0 Å². The van der Waals surface area contributed by atoms with Gasteiger partial charge in [0, 0.05) is 152 Å². The molecule has 13 aromatic rings. The Morgan fingerprint density at radius 2 is 1.00 bits per heavy atom. The lowest BCUT2D eigenvalue weighted by Gasteiger charge is -2.20. The summed E-state index contributed by atoms with van der Waals surface area (Å²) in [7, 11) is 2.07. The molecular formula is C109H105ClN12O11. The number of aromatic nitrogens is 2. The molecule has 674 valence electrons. The highest BCUT2D eigenvalue weighted by Gasteiger charge is 2.32. The first kappa shape index (κ1) is 89.4. The van der Waals surface area contributed by atoms with Crippen molar-refractivity contribution in [2.24, 2.45) is 0 Å². The van der Waals surface area contributed by atoms with Gasteiger partial charge in [0.25, 0.3) is 35.4 Å². The van der Waals surface area contributed by atoms with Crippen molar-refractivity contribution in [1.29, 1.82) is 0 Å². The number of allylic oxidation sites excluding steroid dienone is 1. The Morgan fingerprint density at radius 3 is 1.68 bits per heavy atom. The maximum absolute atomic E-state index is 13.0. The van der Waals surface area contributed by atoms with Crippen molar-refractivity contribution in [3.8, 4) is 45.3 Å². The van der Waals surface area contributed by atoms with Gasteiger partial charge in [-0.1, -0.05) is 115 Å². The van der Waals surface area contributed by atoms with E-state index in [1.165, 1.54) is 51.6 Å². The third-order valence-electron chi connectivity index (χ3n) is 25.5. The van der Waals surface area contributed by atoms with Gasteiger partial charge in [0.1, 0.15) is 46.1 Å². The minimum Gasteiger partial charge on any atom is -0.457 e. The minimum atomic E-state index is -0.206. The van der Waals surface area contributed by atoms with Gasteiger partial charge in [0.15, 0.2) is 5.78 Å². The van der Waals surface area contributed by atoms with Crippen molar-refractivity contribution in [3.05, 3.63) is 309 Å². The number of benzene rings is 7. The first-order chi connectivity index (χ1) is 64.9. The zero-order valence-corrected chi connectivity index (χ0v) is 75.6. The Labute approximate surface area is 777 Å². The van der Waals surface area contributed by atoms with Gasteiger partial charge >= 0.3 is 0 Å². The number of para-hydroxylation sites is 3. The fraction of sp³-hybridized carbons (Fsp3) is 0.257. The van der Waals surface area contributed by atoms with E-state index in [1.807, 2.05) is 183 Å². The molecule has 0 radical (unpaired) electrons. The van der Waals surface area contributed by atoms with Crippen LogP contribution in [0.25, 0.3) is 102 Å². The predicted octanol–water partition coefficient (Wildman–Crippen LogP) is 20.7. The molecule has 6 amide bonds. The second kappa shape index (κ2) is 41.1. The highest BCUT2D eigenvalue weighted by atomic mass is 35.5. The number of fused-ring (bicyclic) bond motifs is 5. The Hall–Kier alpha value is -14.2. The number of halogens is 1. The quantitative estimate of drug-likeness (QED) is 0.0312. The lowest BCUT2D eigenvalue weighted by molar-refractivity contribution is -0.111. The number of Topliss-reactive ketones (excluding diaryl/α,β-unsaturated/α-hetero) is 1. The maximum Gasteiger partial charge on any atom is 0.256 e.